The van der Waals surface area contributed by atoms with Gasteiger partial charge in [-0.2, -0.15) is 0 Å². The SMILES string of the molecule is COCCNC(=O)c1ccc(Nc2ccccc2F)nn1. The molecule has 110 valence electrons. The largest absolute Gasteiger partial charge is 0.383 e. The summed E-state index contributed by atoms with van der Waals surface area (Å²) in [5, 5.41) is 13.1. The predicted octanol–water partition coefficient (Wildman–Crippen LogP) is 1.74. The number of halogens is 1. The maximum Gasteiger partial charge on any atom is 0.271 e. The van der Waals surface area contributed by atoms with Crippen molar-refractivity contribution in [2.75, 3.05) is 25.6 Å². The van der Waals surface area contributed by atoms with E-state index >= 15 is 0 Å². The number of para-hydroxylation sites is 1. The van der Waals surface area contributed by atoms with Gasteiger partial charge in [-0.1, -0.05) is 12.1 Å². The summed E-state index contributed by atoms with van der Waals surface area (Å²) in [5.41, 5.74) is 0.481. The first-order valence-electron chi connectivity index (χ1n) is 6.33. The van der Waals surface area contributed by atoms with Gasteiger partial charge in [0.2, 0.25) is 0 Å². The summed E-state index contributed by atoms with van der Waals surface area (Å²) in [5.74, 6) is -0.369. The van der Waals surface area contributed by atoms with E-state index in [0.29, 0.717) is 24.7 Å². The lowest BCUT2D eigenvalue weighted by atomic mass is 10.3. The van der Waals surface area contributed by atoms with Crippen LogP contribution in [0, 0.1) is 5.82 Å². The van der Waals surface area contributed by atoms with Gasteiger partial charge in [-0.15, -0.1) is 10.2 Å². The Labute approximate surface area is 121 Å². The summed E-state index contributed by atoms with van der Waals surface area (Å²) in [6.07, 6.45) is 0. The van der Waals surface area contributed by atoms with Gasteiger partial charge in [0, 0.05) is 13.7 Å². The minimum Gasteiger partial charge on any atom is -0.383 e. The Morgan fingerprint density at radius 2 is 2.05 bits per heavy atom. The van der Waals surface area contributed by atoms with Gasteiger partial charge in [0.15, 0.2) is 11.5 Å². The first-order chi connectivity index (χ1) is 10.2. The molecular formula is C14H15FN4O2. The Balaban J connectivity index is 1.99. The van der Waals surface area contributed by atoms with Gasteiger partial charge in [-0.25, -0.2) is 4.39 Å². The molecule has 0 spiro atoms. The second-order valence-corrected chi connectivity index (χ2v) is 4.16. The fraction of sp³-hybridized carbons (Fsp3) is 0.214. The third-order valence-electron chi connectivity index (χ3n) is 2.63. The zero-order valence-electron chi connectivity index (χ0n) is 11.5. The Morgan fingerprint density at radius 1 is 1.24 bits per heavy atom. The van der Waals surface area contributed by atoms with E-state index in [1.54, 1.807) is 31.4 Å². The number of rotatable bonds is 6. The molecule has 0 unspecified atom stereocenters. The van der Waals surface area contributed by atoms with Crippen LogP contribution in [0.1, 0.15) is 10.5 Å². The van der Waals surface area contributed by atoms with E-state index in [1.807, 2.05) is 0 Å². The molecule has 0 aliphatic heterocycles. The maximum absolute atomic E-state index is 13.5. The van der Waals surface area contributed by atoms with Crippen LogP contribution >= 0.6 is 0 Å². The number of benzene rings is 1. The highest BCUT2D eigenvalue weighted by Crippen LogP contribution is 2.17. The van der Waals surface area contributed by atoms with E-state index in [2.05, 4.69) is 20.8 Å². The van der Waals surface area contributed by atoms with Crippen molar-refractivity contribution >= 4 is 17.4 Å². The summed E-state index contributed by atoms with van der Waals surface area (Å²) in [7, 11) is 1.55. The number of hydrogen-bond acceptors (Lipinski definition) is 5. The third-order valence-corrected chi connectivity index (χ3v) is 2.63. The Hall–Kier alpha value is -2.54. The van der Waals surface area contributed by atoms with Gasteiger partial charge in [0.1, 0.15) is 5.82 Å². The number of nitrogens with zero attached hydrogens (tertiary/aromatic N) is 2. The lowest BCUT2D eigenvalue weighted by Gasteiger charge is -2.07. The Bertz CT molecular complexity index is 604. The molecule has 0 aliphatic rings. The normalized spacial score (nSPS) is 10.2. The van der Waals surface area contributed by atoms with E-state index < -0.39 is 0 Å². The van der Waals surface area contributed by atoms with E-state index in [-0.39, 0.29) is 17.4 Å². The summed E-state index contributed by atoms with van der Waals surface area (Å²) in [6.45, 7) is 0.818. The van der Waals surface area contributed by atoms with Crippen LogP contribution in [0.15, 0.2) is 36.4 Å². The van der Waals surface area contributed by atoms with Crippen molar-refractivity contribution in [3.63, 3.8) is 0 Å². The Morgan fingerprint density at radius 3 is 2.71 bits per heavy atom. The molecular weight excluding hydrogens is 275 g/mol. The standard InChI is InChI=1S/C14H15FN4O2/c1-21-9-8-16-14(20)12-6-7-13(19-18-12)17-11-5-3-2-4-10(11)15/h2-7H,8-9H2,1H3,(H,16,20)(H,17,19). The molecule has 6 nitrogen and oxygen atoms in total. The molecule has 0 fully saturated rings. The van der Waals surface area contributed by atoms with Crippen LogP contribution in [-0.2, 0) is 4.74 Å². The van der Waals surface area contributed by atoms with Crippen molar-refractivity contribution in [1.29, 1.82) is 0 Å². The quantitative estimate of drug-likeness (QED) is 0.792. The lowest BCUT2D eigenvalue weighted by Crippen LogP contribution is -2.27. The van der Waals surface area contributed by atoms with Gasteiger partial charge in [-0.3, -0.25) is 4.79 Å². The molecule has 0 aliphatic carbocycles. The summed E-state index contributed by atoms with van der Waals surface area (Å²) in [4.78, 5) is 11.7. The molecule has 1 amide bonds. The molecule has 21 heavy (non-hydrogen) atoms. The number of hydrogen-bond donors (Lipinski definition) is 2. The van der Waals surface area contributed by atoms with Gasteiger partial charge >= 0.3 is 0 Å². The van der Waals surface area contributed by atoms with Gasteiger partial charge < -0.3 is 15.4 Å². The molecule has 1 aromatic carbocycles. The number of ether oxygens (including phenoxy) is 1. The van der Waals surface area contributed by atoms with E-state index in [4.69, 9.17) is 4.74 Å². The first-order valence-corrected chi connectivity index (χ1v) is 6.33. The molecule has 0 saturated carbocycles. The highest BCUT2D eigenvalue weighted by atomic mass is 19.1. The van der Waals surface area contributed by atoms with Crippen LogP contribution in [0.25, 0.3) is 0 Å². The maximum atomic E-state index is 13.5. The van der Waals surface area contributed by atoms with Crippen LogP contribution < -0.4 is 10.6 Å². The van der Waals surface area contributed by atoms with Crippen molar-refractivity contribution in [2.24, 2.45) is 0 Å². The van der Waals surface area contributed by atoms with Crippen molar-refractivity contribution < 1.29 is 13.9 Å². The number of amides is 1. The van der Waals surface area contributed by atoms with Gasteiger partial charge in [0.25, 0.3) is 5.91 Å². The smallest absolute Gasteiger partial charge is 0.271 e. The minimum absolute atomic E-state index is 0.185. The average Bonchev–Trinajstić information content (AvgIpc) is 2.50. The fourth-order valence-corrected chi connectivity index (χ4v) is 1.58. The number of aromatic nitrogens is 2. The second kappa shape index (κ2) is 7.30. The topological polar surface area (TPSA) is 76.1 Å². The van der Waals surface area contributed by atoms with Crippen LogP contribution in [-0.4, -0.2) is 36.4 Å². The van der Waals surface area contributed by atoms with Crippen molar-refractivity contribution in [3.05, 3.63) is 47.9 Å². The molecule has 2 rings (SSSR count). The zero-order chi connectivity index (χ0) is 15.1. The molecule has 0 atom stereocenters. The van der Waals surface area contributed by atoms with E-state index in [1.165, 1.54) is 12.1 Å². The monoisotopic (exact) mass is 290 g/mol. The number of methoxy groups -OCH3 is 1. The third kappa shape index (κ3) is 4.22. The zero-order valence-corrected chi connectivity index (χ0v) is 11.5. The second-order valence-electron chi connectivity index (χ2n) is 4.16. The highest BCUT2D eigenvalue weighted by Gasteiger charge is 2.08. The van der Waals surface area contributed by atoms with Crippen molar-refractivity contribution in [1.82, 2.24) is 15.5 Å². The van der Waals surface area contributed by atoms with Crippen LogP contribution in [0.5, 0.6) is 0 Å². The molecule has 1 aromatic heterocycles. The molecule has 1 heterocycles. The molecule has 0 radical (unpaired) electrons. The first kappa shape index (κ1) is 14.9. The molecule has 0 saturated heterocycles. The number of anilines is 2. The van der Waals surface area contributed by atoms with E-state index in [0.717, 1.165) is 0 Å². The number of carbonyl (C=O) groups excluding carboxylic acids is 1. The molecule has 0 bridgehead atoms. The molecule has 2 N–H and O–H groups in total. The summed E-state index contributed by atoms with van der Waals surface area (Å²) >= 11 is 0. The van der Waals surface area contributed by atoms with E-state index in [9.17, 15) is 9.18 Å². The van der Waals surface area contributed by atoms with Crippen LogP contribution in [0.2, 0.25) is 0 Å². The summed E-state index contributed by atoms with van der Waals surface area (Å²) in [6, 6.07) is 9.30. The summed E-state index contributed by atoms with van der Waals surface area (Å²) < 4.78 is 18.3. The molecule has 7 heteroatoms. The lowest BCUT2D eigenvalue weighted by molar-refractivity contribution is 0.0931. The van der Waals surface area contributed by atoms with Crippen LogP contribution in [0.3, 0.4) is 0 Å². The van der Waals surface area contributed by atoms with Gasteiger partial charge in [-0.05, 0) is 24.3 Å². The fourth-order valence-electron chi connectivity index (χ4n) is 1.58. The van der Waals surface area contributed by atoms with Crippen LogP contribution in [0.4, 0.5) is 15.9 Å². The average molecular weight is 290 g/mol. The number of nitrogens with one attached hydrogen (secondary N) is 2. The highest BCUT2D eigenvalue weighted by molar-refractivity contribution is 5.92. The predicted molar refractivity (Wildman–Crippen MR) is 75.9 cm³/mol. The van der Waals surface area contributed by atoms with Crippen molar-refractivity contribution in [3.8, 4) is 0 Å². The Kier molecular flexibility index (Phi) is 5.16. The van der Waals surface area contributed by atoms with Gasteiger partial charge in [0.05, 0.1) is 12.3 Å². The minimum atomic E-state index is -0.388. The molecule has 2 aromatic rings. The number of carbonyl (C=O) groups is 1. The van der Waals surface area contributed by atoms with Crippen molar-refractivity contribution in [2.45, 2.75) is 0 Å².